The van der Waals surface area contributed by atoms with Crippen LogP contribution in [0.15, 0.2) is 0 Å². The summed E-state index contributed by atoms with van der Waals surface area (Å²) in [5.74, 6) is 1.10. The van der Waals surface area contributed by atoms with Crippen LogP contribution >= 0.6 is 0 Å². The Hall–Kier alpha value is -0.570. The standard InChI is InChI=1S/C31H62O3/c1-7-8-9-10-11-12-13-14-15-16-17-18-19-20-30(32)28(5)23-26(3)21-25(2)22-27(4)24-29(6)31(33)34/h25-30,32H,7-24H2,1-6H3,(H,33,34)/t25-,26+,27-,28+,29-,30?/m0/s1. The molecule has 0 aliphatic carbocycles. The minimum atomic E-state index is -0.681. The van der Waals surface area contributed by atoms with Gasteiger partial charge in [0, 0.05) is 0 Å². The van der Waals surface area contributed by atoms with Crippen LogP contribution in [0.1, 0.15) is 157 Å². The minimum absolute atomic E-state index is 0.166. The fourth-order valence-corrected chi connectivity index (χ4v) is 5.81. The lowest BCUT2D eigenvalue weighted by Gasteiger charge is -2.25. The molecule has 0 radical (unpaired) electrons. The van der Waals surface area contributed by atoms with Gasteiger partial charge in [-0.05, 0) is 55.8 Å². The number of carboxylic acids is 1. The molecule has 0 bridgehead atoms. The Labute approximate surface area is 213 Å². The predicted molar refractivity (Wildman–Crippen MR) is 148 cm³/mol. The molecule has 3 heteroatoms. The van der Waals surface area contributed by atoms with Gasteiger partial charge in [0.05, 0.1) is 12.0 Å². The molecule has 0 aromatic heterocycles. The first-order valence-electron chi connectivity index (χ1n) is 15.1. The molecule has 0 saturated carbocycles. The number of unbranched alkanes of at least 4 members (excludes halogenated alkanes) is 12. The first kappa shape index (κ1) is 33.4. The Morgan fingerprint density at radius 3 is 1.41 bits per heavy atom. The highest BCUT2D eigenvalue weighted by atomic mass is 16.4. The lowest BCUT2D eigenvalue weighted by atomic mass is 9.82. The average molecular weight is 483 g/mol. The summed E-state index contributed by atoms with van der Waals surface area (Å²) in [7, 11) is 0. The zero-order valence-corrected chi connectivity index (χ0v) is 24.0. The van der Waals surface area contributed by atoms with E-state index >= 15 is 0 Å². The molecule has 2 N–H and O–H groups in total. The van der Waals surface area contributed by atoms with Crippen molar-refractivity contribution in [2.75, 3.05) is 0 Å². The summed E-state index contributed by atoms with van der Waals surface area (Å²) in [6.07, 6.45) is 22.7. The van der Waals surface area contributed by atoms with Crippen LogP contribution in [0.2, 0.25) is 0 Å². The topological polar surface area (TPSA) is 57.5 Å². The summed E-state index contributed by atoms with van der Waals surface area (Å²) >= 11 is 0. The molecule has 0 saturated heterocycles. The van der Waals surface area contributed by atoms with Gasteiger partial charge in [-0.15, -0.1) is 0 Å². The van der Waals surface area contributed by atoms with Crippen molar-refractivity contribution >= 4 is 5.97 Å². The number of rotatable bonds is 24. The number of aliphatic hydroxyl groups is 1. The maximum atomic E-state index is 11.1. The van der Waals surface area contributed by atoms with E-state index in [9.17, 15) is 9.90 Å². The van der Waals surface area contributed by atoms with Crippen LogP contribution in [0.25, 0.3) is 0 Å². The summed E-state index contributed by atoms with van der Waals surface area (Å²) in [6.45, 7) is 13.1. The van der Waals surface area contributed by atoms with Crippen LogP contribution in [-0.4, -0.2) is 22.3 Å². The van der Waals surface area contributed by atoms with E-state index in [0.29, 0.717) is 23.7 Å². The SMILES string of the molecule is CCCCCCCCCCCCCCCC(O)[C@H](C)C[C@H](C)C[C@H](C)C[C@H](C)C[C@H](C)C(=O)O. The quantitative estimate of drug-likeness (QED) is 0.135. The van der Waals surface area contributed by atoms with Crippen LogP contribution in [0.5, 0.6) is 0 Å². The number of carbonyl (C=O) groups is 1. The van der Waals surface area contributed by atoms with Crippen molar-refractivity contribution in [2.45, 2.75) is 163 Å². The molecule has 0 aromatic carbocycles. The molecule has 0 rings (SSSR count). The number of aliphatic hydroxyl groups excluding tert-OH is 1. The van der Waals surface area contributed by atoms with Crippen molar-refractivity contribution in [2.24, 2.45) is 29.6 Å². The maximum Gasteiger partial charge on any atom is 0.306 e. The lowest BCUT2D eigenvalue weighted by Crippen LogP contribution is -2.21. The first-order chi connectivity index (χ1) is 16.2. The van der Waals surface area contributed by atoms with E-state index in [1.165, 1.54) is 83.5 Å². The number of hydrogen-bond donors (Lipinski definition) is 2. The second-order valence-electron chi connectivity index (χ2n) is 12.1. The largest absolute Gasteiger partial charge is 0.481 e. The lowest BCUT2D eigenvalue weighted by molar-refractivity contribution is -0.141. The molecule has 204 valence electrons. The third-order valence-electron chi connectivity index (χ3n) is 7.82. The van der Waals surface area contributed by atoms with Crippen LogP contribution < -0.4 is 0 Å². The summed E-state index contributed by atoms with van der Waals surface area (Å²) in [5.41, 5.74) is 0. The van der Waals surface area contributed by atoms with Gasteiger partial charge in [-0.25, -0.2) is 0 Å². The minimum Gasteiger partial charge on any atom is -0.481 e. The molecular weight excluding hydrogens is 420 g/mol. The molecular formula is C31H62O3. The zero-order chi connectivity index (χ0) is 25.8. The van der Waals surface area contributed by atoms with Gasteiger partial charge < -0.3 is 10.2 Å². The van der Waals surface area contributed by atoms with Gasteiger partial charge in [-0.2, -0.15) is 0 Å². The summed E-state index contributed by atoms with van der Waals surface area (Å²) in [5, 5.41) is 19.7. The molecule has 0 aliphatic heterocycles. The van der Waals surface area contributed by atoms with Gasteiger partial charge in [0.2, 0.25) is 0 Å². The molecule has 0 aliphatic rings. The molecule has 3 nitrogen and oxygen atoms in total. The van der Waals surface area contributed by atoms with Crippen molar-refractivity contribution in [1.82, 2.24) is 0 Å². The second kappa shape index (κ2) is 21.7. The molecule has 6 atom stereocenters. The first-order valence-corrected chi connectivity index (χ1v) is 15.1. The van der Waals surface area contributed by atoms with Crippen LogP contribution in [0.3, 0.4) is 0 Å². The molecule has 0 heterocycles. The Morgan fingerprint density at radius 1 is 0.588 bits per heavy atom. The van der Waals surface area contributed by atoms with Crippen LogP contribution in [-0.2, 0) is 4.79 Å². The Balaban J connectivity index is 3.75. The molecule has 0 amide bonds. The van der Waals surface area contributed by atoms with E-state index in [0.717, 1.165) is 32.1 Å². The van der Waals surface area contributed by atoms with Gasteiger partial charge in [0.1, 0.15) is 0 Å². The van der Waals surface area contributed by atoms with E-state index in [1.807, 2.05) is 6.92 Å². The van der Waals surface area contributed by atoms with E-state index in [1.54, 1.807) is 0 Å². The van der Waals surface area contributed by atoms with E-state index in [4.69, 9.17) is 5.11 Å². The monoisotopic (exact) mass is 482 g/mol. The van der Waals surface area contributed by atoms with Gasteiger partial charge >= 0.3 is 5.97 Å². The highest BCUT2D eigenvalue weighted by Gasteiger charge is 2.21. The van der Waals surface area contributed by atoms with Crippen LogP contribution in [0, 0.1) is 29.6 Å². The van der Waals surface area contributed by atoms with E-state index in [-0.39, 0.29) is 12.0 Å². The maximum absolute atomic E-state index is 11.1. The van der Waals surface area contributed by atoms with E-state index in [2.05, 4.69) is 34.6 Å². The zero-order valence-electron chi connectivity index (χ0n) is 24.0. The smallest absolute Gasteiger partial charge is 0.306 e. The van der Waals surface area contributed by atoms with E-state index < -0.39 is 5.97 Å². The summed E-state index contributed by atoms with van der Waals surface area (Å²) < 4.78 is 0. The van der Waals surface area contributed by atoms with Crippen molar-refractivity contribution < 1.29 is 15.0 Å². The third-order valence-corrected chi connectivity index (χ3v) is 7.82. The van der Waals surface area contributed by atoms with Gasteiger partial charge in [0.25, 0.3) is 0 Å². The van der Waals surface area contributed by atoms with Gasteiger partial charge in [0.15, 0.2) is 0 Å². The molecule has 0 spiro atoms. The molecule has 0 aromatic rings. The summed E-state index contributed by atoms with van der Waals surface area (Å²) in [4.78, 5) is 11.1. The highest BCUT2D eigenvalue weighted by Crippen LogP contribution is 2.28. The predicted octanol–water partition coefficient (Wildman–Crippen LogP) is 9.65. The molecule has 0 fully saturated rings. The summed E-state index contributed by atoms with van der Waals surface area (Å²) in [6, 6.07) is 0. The fraction of sp³-hybridized carbons (Fsp3) is 0.968. The molecule has 34 heavy (non-hydrogen) atoms. The van der Waals surface area contributed by atoms with Crippen molar-refractivity contribution in [3.05, 3.63) is 0 Å². The van der Waals surface area contributed by atoms with Gasteiger partial charge in [-0.3, -0.25) is 4.79 Å². The highest BCUT2D eigenvalue weighted by molar-refractivity contribution is 5.69. The number of hydrogen-bond acceptors (Lipinski definition) is 2. The number of aliphatic carboxylic acids is 1. The second-order valence-corrected chi connectivity index (χ2v) is 12.1. The van der Waals surface area contributed by atoms with Crippen LogP contribution in [0.4, 0.5) is 0 Å². The van der Waals surface area contributed by atoms with Crippen molar-refractivity contribution in [3.63, 3.8) is 0 Å². The number of carboxylic acid groups (broad SMARTS) is 1. The van der Waals surface area contributed by atoms with Gasteiger partial charge in [-0.1, -0.05) is 125 Å². The fourth-order valence-electron chi connectivity index (χ4n) is 5.81. The Bertz CT molecular complexity index is 464. The molecule has 1 unspecified atom stereocenters. The Morgan fingerprint density at radius 2 is 0.971 bits per heavy atom. The third kappa shape index (κ3) is 19.7. The van der Waals surface area contributed by atoms with Crippen molar-refractivity contribution in [1.29, 1.82) is 0 Å². The van der Waals surface area contributed by atoms with Crippen molar-refractivity contribution in [3.8, 4) is 0 Å². The normalized spacial score (nSPS) is 17.1. The average Bonchev–Trinajstić information content (AvgIpc) is 2.76. The Kier molecular flexibility index (Phi) is 21.3.